The number of anilines is 2. The molecule has 3 saturated carbocycles. The maximum absolute atomic E-state index is 5.48. The van der Waals surface area contributed by atoms with Gasteiger partial charge in [0.15, 0.2) is 0 Å². The molecule has 49 heavy (non-hydrogen) atoms. The third-order valence-electron chi connectivity index (χ3n) is 12.4. The van der Waals surface area contributed by atoms with Crippen LogP contribution in [-0.2, 0) is 0 Å². The average molecular weight is 672 g/mol. The van der Waals surface area contributed by atoms with Gasteiger partial charge in [-0.25, -0.2) is 0 Å². The lowest BCUT2D eigenvalue weighted by molar-refractivity contribution is -0.0709. The number of nitrogen functional groups attached to an aromatic ring is 2. The Labute approximate surface area is 301 Å². The Morgan fingerprint density at radius 1 is 0.918 bits per heavy atom. The molecule has 274 valence electrons. The van der Waals surface area contributed by atoms with Crippen molar-refractivity contribution in [3.63, 3.8) is 0 Å². The highest BCUT2D eigenvalue weighted by molar-refractivity contribution is 5.53. The lowest BCUT2D eigenvalue weighted by Crippen LogP contribution is -2.52. The predicted molar refractivity (Wildman–Crippen MR) is 217 cm³/mol. The van der Waals surface area contributed by atoms with Gasteiger partial charge in [-0.1, -0.05) is 63.8 Å². The molecule has 5 heteroatoms. The molecule has 0 aromatic heterocycles. The molecule has 0 spiro atoms. The van der Waals surface area contributed by atoms with Crippen molar-refractivity contribution in [2.45, 2.75) is 106 Å². The van der Waals surface area contributed by atoms with Gasteiger partial charge in [0.1, 0.15) is 0 Å². The van der Waals surface area contributed by atoms with Gasteiger partial charge < -0.3 is 28.7 Å². The van der Waals surface area contributed by atoms with Crippen LogP contribution in [0.5, 0.6) is 0 Å². The molecule has 1 aromatic rings. The van der Waals surface area contributed by atoms with Crippen LogP contribution < -0.4 is 28.7 Å². The molecule has 3 fully saturated rings. The first kappa shape index (κ1) is 42.0. The largest absolute Gasteiger partial charge is 0.399 e. The van der Waals surface area contributed by atoms with Crippen molar-refractivity contribution in [1.29, 1.82) is 0 Å². The smallest absolute Gasteiger partial charge is 0.0337 e. The Hall–Kier alpha value is -3.18. The van der Waals surface area contributed by atoms with Crippen LogP contribution in [0.1, 0.15) is 104 Å². The topological polar surface area (TPSA) is 130 Å². The predicted octanol–water partition coefficient (Wildman–Crippen LogP) is 10.2. The molecule has 4 aliphatic rings. The highest BCUT2D eigenvalue weighted by Crippen LogP contribution is 2.67. The van der Waals surface area contributed by atoms with Crippen molar-refractivity contribution >= 4 is 11.4 Å². The molecule has 0 bridgehead atoms. The van der Waals surface area contributed by atoms with E-state index < -0.39 is 0 Å². The van der Waals surface area contributed by atoms with Crippen LogP contribution in [-0.4, -0.2) is 7.05 Å². The molecular formula is C44H73N5. The summed E-state index contributed by atoms with van der Waals surface area (Å²) in [6, 6.07) is 5.51. The Morgan fingerprint density at radius 2 is 1.53 bits per heavy atom. The third-order valence-corrected chi connectivity index (χ3v) is 12.4. The summed E-state index contributed by atoms with van der Waals surface area (Å²) in [5, 5.41) is 0. The van der Waals surface area contributed by atoms with Gasteiger partial charge in [0.2, 0.25) is 0 Å². The molecular weight excluding hydrogens is 599 g/mol. The van der Waals surface area contributed by atoms with Crippen molar-refractivity contribution in [2.75, 3.05) is 18.5 Å². The van der Waals surface area contributed by atoms with Crippen LogP contribution in [0.4, 0.5) is 11.4 Å². The minimum absolute atomic E-state index is 0.447. The van der Waals surface area contributed by atoms with E-state index in [1.165, 1.54) is 82.9 Å². The second-order valence-electron chi connectivity index (χ2n) is 16.1. The monoisotopic (exact) mass is 672 g/mol. The molecule has 4 aliphatic carbocycles. The van der Waals surface area contributed by atoms with E-state index >= 15 is 0 Å². The Bertz CT molecular complexity index is 1270. The number of benzene rings is 1. The first-order chi connectivity index (χ1) is 23.1. The summed E-state index contributed by atoms with van der Waals surface area (Å²) in [5.41, 5.74) is 32.1. The van der Waals surface area contributed by atoms with E-state index in [2.05, 4.69) is 84.4 Å². The summed E-state index contributed by atoms with van der Waals surface area (Å²) in [5.74, 6) is 6.25. The molecule has 5 nitrogen and oxygen atoms in total. The van der Waals surface area contributed by atoms with E-state index in [-0.39, 0.29) is 0 Å². The number of nitrogens with two attached hydrogens (primary N) is 5. The second kappa shape index (κ2) is 19.3. The normalized spacial score (nSPS) is 31.6. The lowest BCUT2D eigenvalue weighted by atomic mass is 9.45. The van der Waals surface area contributed by atoms with Crippen LogP contribution >= 0.6 is 0 Å². The van der Waals surface area contributed by atoms with Crippen LogP contribution in [0, 0.1) is 59.2 Å². The van der Waals surface area contributed by atoms with Crippen LogP contribution in [0.3, 0.4) is 0 Å². The Kier molecular flexibility index (Phi) is 16.5. The van der Waals surface area contributed by atoms with Crippen molar-refractivity contribution in [3.8, 4) is 0 Å². The van der Waals surface area contributed by atoms with E-state index in [0.29, 0.717) is 22.2 Å². The highest BCUT2D eigenvalue weighted by atomic mass is 14.6. The summed E-state index contributed by atoms with van der Waals surface area (Å²) in [6.45, 7) is 25.3. The average Bonchev–Trinajstić information content (AvgIpc) is 3.39. The van der Waals surface area contributed by atoms with Crippen LogP contribution in [0.2, 0.25) is 0 Å². The van der Waals surface area contributed by atoms with E-state index in [1.54, 1.807) is 12.1 Å². The number of aryl methyl sites for hydroxylation is 1. The molecule has 0 saturated heterocycles. The molecule has 0 aliphatic heterocycles. The van der Waals surface area contributed by atoms with Gasteiger partial charge in [0.25, 0.3) is 0 Å². The first-order valence-electron chi connectivity index (χ1n) is 18.8. The third kappa shape index (κ3) is 11.2. The van der Waals surface area contributed by atoms with Crippen molar-refractivity contribution in [2.24, 2.45) is 69.5 Å². The maximum Gasteiger partial charge on any atom is 0.0337 e. The van der Waals surface area contributed by atoms with Gasteiger partial charge in [-0.15, -0.1) is 6.58 Å². The summed E-state index contributed by atoms with van der Waals surface area (Å²) in [7, 11) is 1.50. The second-order valence-corrected chi connectivity index (χ2v) is 16.1. The molecule has 1 aromatic carbocycles. The van der Waals surface area contributed by atoms with Crippen molar-refractivity contribution in [3.05, 3.63) is 96.9 Å². The van der Waals surface area contributed by atoms with Gasteiger partial charge >= 0.3 is 0 Å². The number of hydrogen-bond acceptors (Lipinski definition) is 5. The van der Waals surface area contributed by atoms with Gasteiger partial charge in [0, 0.05) is 22.8 Å². The zero-order valence-corrected chi connectivity index (χ0v) is 32.3. The van der Waals surface area contributed by atoms with Gasteiger partial charge in [-0.2, -0.15) is 0 Å². The number of fused-ring (bicyclic) bond motifs is 5. The molecule has 0 radical (unpaired) electrons. The number of hydrogen-bond donors (Lipinski definition) is 5. The summed E-state index contributed by atoms with van der Waals surface area (Å²) >= 11 is 0. The Morgan fingerprint density at radius 3 is 2.06 bits per heavy atom. The minimum atomic E-state index is 0.447. The van der Waals surface area contributed by atoms with Crippen LogP contribution in [0.15, 0.2) is 91.4 Å². The number of rotatable bonds is 8. The standard InChI is InChI=1S/C30H48.C7H10N2.C6H10N2.CH5N/c1-7-9-23-16-18-29(5)24(20-23)12-13-25-27-15-14-26(22(4)11-8-10-21(2)3)30(27,6)19-17-28(25)29;1-5-2-6(8)4-7(9)3-5;1-3-6(8)4-5(2)7;1-2/h7,10,12-13,22-28H,1,8-9,11,14-20H2,2-6H3;2-4H,8-9H2,1H3;3-4H,1-2,7-8H2;2H2,1H3/b;;6-4+;. The molecule has 0 amide bonds. The molecule has 9 atom stereocenters. The van der Waals surface area contributed by atoms with Crippen molar-refractivity contribution < 1.29 is 0 Å². The highest BCUT2D eigenvalue weighted by Gasteiger charge is 2.59. The zero-order valence-electron chi connectivity index (χ0n) is 32.3. The fourth-order valence-electron chi connectivity index (χ4n) is 10.1. The van der Waals surface area contributed by atoms with Gasteiger partial charge in [0.05, 0.1) is 0 Å². The molecule has 10 N–H and O–H groups in total. The summed E-state index contributed by atoms with van der Waals surface area (Å²) in [4.78, 5) is 0. The van der Waals surface area contributed by atoms with E-state index in [0.717, 1.165) is 58.4 Å². The minimum Gasteiger partial charge on any atom is -0.399 e. The van der Waals surface area contributed by atoms with Crippen molar-refractivity contribution in [1.82, 2.24) is 0 Å². The van der Waals surface area contributed by atoms with E-state index in [9.17, 15) is 0 Å². The first-order valence-corrected chi connectivity index (χ1v) is 18.8. The fourth-order valence-corrected chi connectivity index (χ4v) is 10.1. The quantitative estimate of drug-likeness (QED) is 0.107. The Balaban J connectivity index is 0.000000359. The number of allylic oxidation sites excluding steroid dienone is 7. The lowest BCUT2D eigenvalue weighted by Gasteiger charge is -2.59. The fraction of sp³-hybridized carbons (Fsp3) is 0.591. The van der Waals surface area contributed by atoms with Gasteiger partial charge in [-0.3, -0.25) is 0 Å². The van der Waals surface area contributed by atoms with E-state index in [1.807, 2.05) is 19.1 Å². The van der Waals surface area contributed by atoms with Crippen LogP contribution in [0.25, 0.3) is 0 Å². The van der Waals surface area contributed by atoms with E-state index in [4.69, 9.17) is 22.9 Å². The van der Waals surface area contributed by atoms with Gasteiger partial charge in [-0.05, 0) is 180 Å². The zero-order chi connectivity index (χ0) is 36.9. The molecule has 5 rings (SSSR count). The summed E-state index contributed by atoms with van der Waals surface area (Å²) < 4.78 is 0. The summed E-state index contributed by atoms with van der Waals surface area (Å²) in [6.07, 6.45) is 27.2. The molecule has 9 unspecified atom stereocenters. The maximum atomic E-state index is 5.48. The SMILES string of the molecule is C=C/C(N)=C\C(=C)N.C=CCC1CCC2(C)C(C=CC3C2CCC2(C)C(C(C)CCC=C(C)C)CCC32)C1.CN.Cc1cc(N)cc(N)c1. The molecule has 0 heterocycles.